The molecule has 3 aromatic rings. The summed E-state index contributed by atoms with van der Waals surface area (Å²) in [4.78, 5) is 0. The Morgan fingerprint density at radius 3 is 1.32 bits per heavy atom. The molecule has 3 radical (unpaired) electrons. The zero-order chi connectivity index (χ0) is 17.1. The van der Waals surface area contributed by atoms with E-state index in [0.29, 0.717) is 0 Å². The van der Waals surface area contributed by atoms with Crippen molar-refractivity contribution < 1.29 is 0 Å². The molecule has 0 bridgehead atoms. The molecule has 1 aliphatic rings. The van der Waals surface area contributed by atoms with Gasteiger partial charge in [0.05, 0.1) is 5.41 Å². The van der Waals surface area contributed by atoms with Gasteiger partial charge in [-0.2, -0.15) is 0 Å². The molecule has 0 saturated carbocycles. The lowest BCUT2D eigenvalue weighted by Crippen LogP contribution is -2.31. The molecule has 0 aliphatic heterocycles. The van der Waals surface area contributed by atoms with E-state index in [1.807, 2.05) is 0 Å². The second-order valence-electron chi connectivity index (χ2n) is 6.35. The van der Waals surface area contributed by atoms with E-state index in [-0.39, 0.29) is 11.0 Å². The Morgan fingerprint density at radius 2 is 1.00 bits per heavy atom. The monoisotopic (exact) mass is 335 g/mol. The molecule has 1 unspecified atom stereocenters. The maximum atomic E-state index is 3.78. The molecule has 0 saturated heterocycles. The van der Waals surface area contributed by atoms with Crippen LogP contribution < -0.4 is 0 Å². The first-order chi connectivity index (χ1) is 12.3. The molecule has 0 spiro atoms. The van der Waals surface area contributed by atoms with Crippen LogP contribution in [0.3, 0.4) is 0 Å². The third kappa shape index (κ3) is 2.71. The highest BCUT2D eigenvalue weighted by molar-refractivity contribution is 6.15. The summed E-state index contributed by atoms with van der Waals surface area (Å²) in [5.74, 6) is 0. The Kier molecular flexibility index (Phi) is 4.25. The first kappa shape index (κ1) is 15.9. The van der Waals surface area contributed by atoms with Crippen molar-refractivity contribution in [3.63, 3.8) is 0 Å². The third-order valence-corrected chi connectivity index (χ3v) is 5.25. The minimum atomic E-state index is -0.318. The quantitative estimate of drug-likeness (QED) is 0.438. The fraction of sp³-hybridized carbons (Fsp3) is 0.0833. The molecule has 0 aromatic heterocycles. The van der Waals surface area contributed by atoms with Crippen molar-refractivity contribution in [2.24, 2.45) is 0 Å². The molecule has 0 amide bonds. The molecule has 3 aromatic carbocycles. The first-order valence-electron chi connectivity index (χ1n) is 8.60. The Bertz CT molecular complexity index is 796. The maximum Gasteiger partial charge on any atom is 0.0698 e. The van der Waals surface area contributed by atoms with Crippen LogP contribution in [0.1, 0.15) is 16.7 Å². The van der Waals surface area contributed by atoms with Gasteiger partial charge < -0.3 is 0 Å². The summed E-state index contributed by atoms with van der Waals surface area (Å²) >= 11 is 0. The van der Waals surface area contributed by atoms with E-state index < -0.39 is 0 Å². The summed E-state index contributed by atoms with van der Waals surface area (Å²) < 4.78 is 0. The highest BCUT2D eigenvalue weighted by Gasteiger charge is 2.39. The number of rotatable bonds is 4. The van der Waals surface area contributed by atoms with Gasteiger partial charge in [-0.1, -0.05) is 109 Å². The molecule has 0 fully saturated rings. The van der Waals surface area contributed by atoms with Crippen molar-refractivity contribution >= 4 is 10.2 Å². The average molecular weight is 336 g/mol. The molecule has 25 heavy (non-hydrogen) atoms. The predicted molar refractivity (Wildman–Crippen MR) is 106 cm³/mol. The topological polar surface area (TPSA) is 0 Å². The second-order valence-corrected chi connectivity index (χ2v) is 7.02. The van der Waals surface area contributed by atoms with Crippen LogP contribution in [0.15, 0.2) is 115 Å². The summed E-state index contributed by atoms with van der Waals surface area (Å²) in [7, 11) is 3.78. The summed E-state index contributed by atoms with van der Waals surface area (Å²) in [6.07, 6.45) is 6.77. The molecule has 0 nitrogen and oxygen atoms in total. The summed E-state index contributed by atoms with van der Waals surface area (Å²) in [5, 5.41) is 0. The minimum Gasteiger partial charge on any atom is -0.0809 e. The largest absolute Gasteiger partial charge is 0.0809 e. The highest BCUT2D eigenvalue weighted by Crippen LogP contribution is 2.47. The standard InChI is InChI=1S/C24H19Si/c25-23-17-16-22(18-23)24(19-10-4-1-5-11-19,20-12-6-2-7-13-20)21-14-8-3-9-15-21/h1-18,23H. The minimum absolute atomic E-state index is 0.269. The van der Waals surface area contributed by atoms with Crippen molar-refractivity contribution in [1.29, 1.82) is 0 Å². The Morgan fingerprint density at radius 1 is 0.600 bits per heavy atom. The van der Waals surface area contributed by atoms with E-state index in [2.05, 4.69) is 119 Å². The maximum absolute atomic E-state index is 3.78. The zero-order valence-electron chi connectivity index (χ0n) is 14.0. The number of hydrogen-bond acceptors (Lipinski definition) is 0. The number of allylic oxidation sites excluding steroid dienone is 4. The molecular formula is C24H19Si. The molecule has 1 aliphatic carbocycles. The lowest BCUT2D eigenvalue weighted by atomic mass is 9.65. The van der Waals surface area contributed by atoms with Gasteiger partial charge in [-0.15, -0.1) is 0 Å². The van der Waals surface area contributed by atoms with Gasteiger partial charge >= 0.3 is 0 Å². The van der Waals surface area contributed by atoms with E-state index in [1.54, 1.807) is 0 Å². The van der Waals surface area contributed by atoms with E-state index >= 15 is 0 Å². The first-order valence-corrected chi connectivity index (χ1v) is 9.18. The summed E-state index contributed by atoms with van der Waals surface area (Å²) in [6, 6.07) is 32.4. The lowest BCUT2D eigenvalue weighted by molar-refractivity contribution is 0.744. The Balaban J connectivity index is 2.09. The van der Waals surface area contributed by atoms with E-state index in [4.69, 9.17) is 0 Å². The molecule has 0 N–H and O–H groups in total. The van der Waals surface area contributed by atoms with Crippen LogP contribution in [0.4, 0.5) is 0 Å². The molecule has 119 valence electrons. The Hall–Kier alpha value is -2.64. The van der Waals surface area contributed by atoms with Gasteiger partial charge in [0.1, 0.15) is 0 Å². The molecular weight excluding hydrogens is 316 g/mol. The van der Waals surface area contributed by atoms with Crippen molar-refractivity contribution in [3.05, 3.63) is 131 Å². The SMILES string of the molecule is [Si]C1C=CC(C(c2ccccc2)(c2ccccc2)c2ccccc2)=C1. The van der Waals surface area contributed by atoms with Gasteiger partial charge in [0.2, 0.25) is 0 Å². The van der Waals surface area contributed by atoms with Crippen molar-refractivity contribution in [2.45, 2.75) is 11.0 Å². The van der Waals surface area contributed by atoms with E-state index in [9.17, 15) is 0 Å². The molecule has 1 atom stereocenters. The van der Waals surface area contributed by atoms with Gasteiger partial charge in [-0.05, 0) is 27.8 Å². The fourth-order valence-corrected chi connectivity index (χ4v) is 4.10. The summed E-state index contributed by atoms with van der Waals surface area (Å²) in [6.45, 7) is 0. The van der Waals surface area contributed by atoms with Crippen molar-refractivity contribution in [3.8, 4) is 0 Å². The van der Waals surface area contributed by atoms with Crippen molar-refractivity contribution in [1.82, 2.24) is 0 Å². The predicted octanol–water partition coefficient (Wildman–Crippen LogP) is 5.47. The van der Waals surface area contributed by atoms with Crippen LogP contribution >= 0.6 is 0 Å². The van der Waals surface area contributed by atoms with E-state index in [1.165, 1.54) is 22.3 Å². The van der Waals surface area contributed by atoms with Gasteiger partial charge in [0, 0.05) is 10.2 Å². The Labute approximate surface area is 153 Å². The van der Waals surface area contributed by atoms with Crippen LogP contribution in [0.5, 0.6) is 0 Å². The molecule has 4 rings (SSSR count). The number of benzene rings is 3. The van der Waals surface area contributed by atoms with Crippen molar-refractivity contribution in [2.75, 3.05) is 0 Å². The summed E-state index contributed by atoms with van der Waals surface area (Å²) in [5.41, 5.74) is 5.10. The fourth-order valence-electron chi connectivity index (χ4n) is 3.83. The molecule has 1 heteroatoms. The average Bonchev–Trinajstić information content (AvgIpc) is 3.12. The molecule has 0 heterocycles. The third-order valence-electron chi connectivity index (χ3n) is 4.90. The van der Waals surface area contributed by atoms with Crippen LogP contribution in [-0.2, 0) is 5.41 Å². The van der Waals surface area contributed by atoms with Gasteiger partial charge in [-0.3, -0.25) is 0 Å². The number of hydrogen-bond donors (Lipinski definition) is 0. The normalized spacial score (nSPS) is 16.7. The lowest BCUT2D eigenvalue weighted by Gasteiger charge is -2.37. The van der Waals surface area contributed by atoms with Crippen LogP contribution in [-0.4, -0.2) is 10.2 Å². The van der Waals surface area contributed by atoms with Gasteiger partial charge in [-0.25, -0.2) is 0 Å². The smallest absolute Gasteiger partial charge is 0.0698 e. The van der Waals surface area contributed by atoms with Gasteiger partial charge in [0.25, 0.3) is 0 Å². The highest BCUT2D eigenvalue weighted by atomic mass is 28.1. The van der Waals surface area contributed by atoms with E-state index in [0.717, 1.165) is 0 Å². The van der Waals surface area contributed by atoms with Gasteiger partial charge in [0.15, 0.2) is 0 Å². The van der Waals surface area contributed by atoms with Crippen LogP contribution in [0.25, 0.3) is 0 Å². The van der Waals surface area contributed by atoms with Crippen LogP contribution in [0.2, 0.25) is 5.54 Å². The van der Waals surface area contributed by atoms with Crippen LogP contribution in [0, 0.1) is 0 Å². The second kappa shape index (κ2) is 6.70. The zero-order valence-corrected chi connectivity index (χ0v) is 15.0.